The number of nitrogens with one attached hydrogen (secondary N) is 1. The molecule has 22 heavy (non-hydrogen) atoms. The first kappa shape index (κ1) is 17.4. The van der Waals surface area contributed by atoms with Gasteiger partial charge in [0.2, 0.25) is 0 Å². The van der Waals surface area contributed by atoms with E-state index in [1.165, 1.54) is 0 Å². The Labute approximate surface area is 141 Å². The van der Waals surface area contributed by atoms with Crippen LogP contribution in [-0.2, 0) is 11.2 Å². The zero-order valence-corrected chi connectivity index (χ0v) is 14.7. The van der Waals surface area contributed by atoms with E-state index in [0.717, 1.165) is 12.1 Å². The Morgan fingerprint density at radius 2 is 2.00 bits per heavy atom. The molecule has 6 heteroatoms. The molecule has 1 aliphatic rings. The second kappa shape index (κ2) is 7.07. The third kappa shape index (κ3) is 4.77. The summed E-state index contributed by atoms with van der Waals surface area (Å²) in [5.41, 5.74) is 0.429. The zero-order valence-electron chi connectivity index (χ0n) is 13.2. The summed E-state index contributed by atoms with van der Waals surface area (Å²) in [6.07, 6.45) is 0.405. The molecular formula is C16H22Cl2N2O2. The molecule has 0 radical (unpaired) electrons. The molecule has 1 amide bonds. The summed E-state index contributed by atoms with van der Waals surface area (Å²) in [6.45, 7) is 7.56. The maximum absolute atomic E-state index is 12.2. The molecule has 122 valence electrons. The standard InChI is InChI=1S/C16H22Cl2N2O2/c1-16(2,3)22-15(21)20-8-7-19-11(10-20)9-12-13(17)5-4-6-14(12)18/h4-6,11,19H,7-10H2,1-3H3. The smallest absolute Gasteiger partial charge is 0.410 e. The molecule has 4 nitrogen and oxygen atoms in total. The van der Waals surface area contributed by atoms with Crippen LogP contribution in [0, 0.1) is 0 Å². The average Bonchev–Trinajstić information content (AvgIpc) is 2.41. The van der Waals surface area contributed by atoms with E-state index in [9.17, 15) is 4.79 Å². The highest BCUT2D eigenvalue weighted by Gasteiger charge is 2.28. The maximum Gasteiger partial charge on any atom is 0.410 e. The summed E-state index contributed by atoms with van der Waals surface area (Å²) in [5.74, 6) is 0. The molecule has 1 unspecified atom stereocenters. The molecule has 0 aliphatic carbocycles. The summed E-state index contributed by atoms with van der Waals surface area (Å²) in [6, 6.07) is 5.60. The number of benzene rings is 1. The first-order chi connectivity index (χ1) is 10.3. The summed E-state index contributed by atoms with van der Waals surface area (Å²) < 4.78 is 5.43. The van der Waals surface area contributed by atoms with Gasteiger partial charge in [-0.2, -0.15) is 0 Å². The van der Waals surface area contributed by atoms with Gasteiger partial charge < -0.3 is 15.0 Å². The third-order valence-electron chi connectivity index (χ3n) is 3.42. The molecule has 0 saturated carbocycles. The highest BCUT2D eigenvalue weighted by Crippen LogP contribution is 2.26. The fraction of sp³-hybridized carbons (Fsp3) is 0.562. The predicted octanol–water partition coefficient (Wildman–Crippen LogP) is 3.74. The van der Waals surface area contributed by atoms with Crippen LogP contribution < -0.4 is 5.32 Å². The van der Waals surface area contributed by atoms with E-state index in [0.29, 0.717) is 29.6 Å². The average molecular weight is 345 g/mol. The number of piperazine rings is 1. The van der Waals surface area contributed by atoms with E-state index in [4.69, 9.17) is 27.9 Å². The lowest BCUT2D eigenvalue weighted by molar-refractivity contribution is 0.0195. The van der Waals surface area contributed by atoms with Gasteiger partial charge in [-0.3, -0.25) is 0 Å². The molecule has 1 atom stereocenters. The van der Waals surface area contributed by atoms with Crippen LogP contribution in [0.3, 0.4) is 0 Å². The minimum absolute atomic E-state index is 0.110. The molecular weight excluding hydrogens is 323 g/mol. The van der Waals surface area contributed by atoms with Crippen LogP contribution >= 0.6 is 23.2 Å². The first-order valence-corrected chi connectivity index (χ1v) is 8.16. The predicted molar refractivity (Wildman–Crippen MR) is 89.8 cm³/mol. The van der Waals surface area contributed by atoms with Gasteiger partial charge in [0, 0.05) is 35.7 Å². The van der Waals surface area contributed by atoms with Gasteiger partial charge in [0.25, 0.3) is 0 Å². The second-order valence-electron chi connectivity index (χ2n) is 6.48. The molecule has 2 rings (SSSR count). The van der Waals surface area contributed by atoms with Gasteiger partial charge in [0.1, 0.15) is 5.60 Å². The minimum Gasteiger partial charge on any atom is -0.444 e. The Bertz CT molecular complexity index is 523. The monoisotopic (exact) mass is 344 g/mol. The molecule has 0 bridgehead atoms. The van der Waals surface area contributed by atoms with Crippen molar-refractivity contribution in [2.45, 2.75) is 38.8 Å². The Morgan fingerprint density at radius 3 is 2.59 bits per heavy atom. The number of nitrogens with zero attached hydrogens (tertiary/aromatic N) is 1. The normalized spacial score (nSPS) is 19.1. The molecule has 1 N–H and O–H groups in total. The zero-order chi connectivity index (χ0) is 16.3. The Balaban J connectivity index is 2.00. The van der Waals surface area contributed by atoms with Crippen molar-refractivity contribution in [2.24, 2.45) is 0 Å². The van der Waals surface area contributed by atoms with E-state index in [2.05, 4.69) is 5.32 Å². The molecule has 0 spiro atoms. The Hall–Kier alpha value is -0.970. The number of ether oxygens (including phenoxy) is 1. The fourth-order valence-electron chi connectivity index (χ4n) is 2.43. The molecule has 1 aliphatic heterocycles. The van der Waals surface area contributed by atoms with Gasteiger partial charge in [0.15, 0.2) is 0 Å². The quantitative estimate of drug-likeness (QED) is 0.888. The van der Waals surface area contributed by atoms with Crippen molar-refractivity contribution in [1.82, 2.24) is 10.2 Å². The molecule has 1 fully saturated rings. The molecule has 1 heterocycles. The maximum atomic E-state index is 12.2. The van der Waals surface area contributed by atoms with Gasteiger partial charge in [-0.05, 0) is 44.9 Å². The van der Waals surface area contributed by atoms with Gasteiger partial charge in [-0.15, -0.1) is 0 Å². The number of carbonyl (C=O) groups excluding carboxylic acids is 1. The van der Waals surface area contributed by atoms with Crippen molar-refractivity contribution in [3.8, 4) is 0 Å². The SMILES string of the molecule is CC(C)(C)OC(=O)N1CCNC(Cc2c(Cl)cccc2Cl)C1. The van der Waals surface area contributed by atoms with E-state index >= 15 is 0 Å². The topological polar surface area (TPSA) is 41.6 Å². The van der Waals surface area contributed by atoms with Crippen LogP contribution in [0.4, 0.5) is 4.79 Å². The molecule has 1 aromatic carbocycles. The van der Waals surface area contributed by atoms with E-state index in [-0.39, 0.29) is 12.1 Å². The highest BCUT2D eigenvalue weighted by atomic mass is 35.5. The van der Waals surface area contributed by atoms with Gasteiger partial charge >= 0.3 is 6.09 Å². The van der Waals surface area contributed by atoms with Crippen molar-refractivity contribution < 1.29 is 9.53 Å². The minimum atomic E-state index is -0.483. The number of rotatable bonds is 2. The summed E-state index contributed by atoms with van der Waals surface area (Å²) >= 11 is 12.4. The number of hydrogen-bond acceptors (Lipinski definition) is 3. The Morgan fingerprint density at radius 1 is 1.36 bits per heavy atom. The number of halogens is 2. The van der Waals surface area contributed by atoms with Crippen LogP contribution in [0.15, 0.2) is 18.2 Å². The number of hydrogen-bond donors (Lipinski definition) is 1. The van der Waals surface area contributed by atoms with Crippen molar-refractivity contribution in [2.75, 3.05) is 19.6 Å². The summed E-state index contributed by atoms with van der Waals surface area (Å²) in [7, 11) is 0. The van der Waals surface area contributed by atoms with Crippen LogP contribution in [0.2, 0.25) is 10.0 Å². The van der Waals surface area contributed by atoms with Crippen molar-refractivity contribution in [3.05, 3.63) is 33.8 Å². The van der Waals surface area contributed by atoms with Gasteiger partial charge in [0.05, 0.1) is 0 Å². The van der Waals surface area contributed by atoms with Crippen LogP contribution in [0.25, 0.3) is 0 Å². The van der Waals surface area contributed by atoms with Crippen LogP contribution in [0.5, 0.6) is 0 Å². The lowest BCUT2D eigenvalue weighted by Gasteiger charge is -2.35. The van der Waals surface area contributed by atoms with E-state index < -0.39 is 5.60 Å². The Kier molecular flexibility index (Phi) is 5.59. The lowest BCUT2D eigenvalue weighted by Crippen LogP contribution is -2.54. The molecule has 1 saturated heterocycles. The van der Waals surface area contributed by atoms with Crippen LogP contribution in [-0.4, -0.2) is 42.3 Å². The van der Waals surface area contributed by atoms with E-state index in [1.807, 2.05) is 39.0 Å². The van der Waals surface area contributed by atoms with Crippen molar-refractivity contribution in [1.29, 1.82) is 0 Å². The fourth-order valence-corrected chi connectivity index (χ4v) is 2.98. The third-order valence-corrected chi connectivity index (χ3v) is 4.13. The highest BCUT2D eigenvalue weighted by molar-refractivity contribution is 6.36. The van der Waals surface area contributed by atoms with E-state index in [1.54, 1.807) is 4.90 Å². The van der Waals surface area contributed by atoms with Gasteiger partial charge in [-0.1, -0.05) is 29.3 Å². The summed E-state index contributed by atoms with van der Waals surface area (Å²) in [4.78, 5) is 13.9. The number of amides is 1. The number of carbonyl (C=O) groups is 1. The molecule has 1 aromatic rings. The van der Waals surface area contributed by atoms with Gasteiger partial charge in [-0.25, -0.2) is 4.79 Å². The molecule has 0 aromatic heterocycles. The second-order valence-corrected chi connectivity index (χ2v) is 7.30. The first-order valence-electron chi connectivity index (χ1n) is 7.40. The van der Waals surface area contributed by atoms with Crippen molar-refractivity contribution >= 4 is 29.3 Å². The lowest BCUT2D eigenvalue weighted by atomic mass is 10.0. The summed E-state index contributed by atoms with van der Waals surface area (Å²) in [5, 5.41) is 4.72. The largest absolute Gasteiger partial charge is 0.444 e. The van der Waals surface area contributed by atoms with Crippen LogP contribution in [0.1, 0.15) is 26.3 Å². The van der Waals surface area contributed by atoms with Crippen molar-refractivity contribution in [3.63, 3.8) is 0 Å².